The van der Waals surface area contributed by atoms with E-state index in [1.165, 1.54) is 37.7 Å². The van der Waals surface area contributed by atoms with Gasteiger partial charge in [-0.15, -0.1) is 0 Å². The second kappa shape index (κ2) is 7.03. The second-order valence-electron chi connectivity index (χ2n) is 6.59. The van der Waals surface area contributed by atoms with Crippen molar-refractivity contribution in [2.75, 3.05) is 11.9 Å². The molecule has 1 fully saturated rings. The van der Waals surface area contributed by atoms with E-state index in [1.807, 2.05) is 6.07 Å². The van der Waals surface area contributed by atoms with Gasteiger partial charge >= 0.3 is 5.97 Å². The zero-order chi connectivity index (χ0) is 15.4. The van der Waals surface area contributed by atoms with Crippen molar-refractivity contribution in [3.05, 3.63) is 23.8 Å². The third-order valence-electron chi connectivity index (χ3n) is 4.79. The SMILES string of the molecule is O=C(O)CC[C@H]1CNc2cc(CC3CCCCC3)ccc2O1. The molecule has 1 aliphatic carbocycles. The lowest BCUT2D eigenvalue weighted by atomic mass is 9.85. The summed E-state index contributed by atoms with van der Waals surface area (Å²) in [4.78, 5) is 10.6. The minimum absolute atomic E-state index is 0.0483. The normalized spacial score (nSPS) is 21.5. The molecule has 1 aliphatic heterocycles. The minimum Gasteiger partial charge on any atom is -0.486 e. The molecule has 22 heavy (non-hydrogen) atoms. The summed E-state index contributed by atoms with van der Waals surface area (Å²) in [6.07, 6.45) is 8.69. The van der Waals surface area contributed by atoms with Crippen LogP contribution in [0.1, 0.15) is 50.5 Å². The van der Waals surface area contributed by atoms with Crippen LogP contribution in [-0.4, -0.2) is 23.7 Å². The number of nitrogens with one attached hydrogen (secondary N) is 1. The molecule has 1 aromatic carbocycles. The summed E-state index contributed by atoms with van der Waals surface area (Å²) < 4.78 is 5.90. The van der Waals surface area contributed by atoms with Gasteiger partial charge in [0.15, 0.2) is 0 Å². The fraction of sp³-hybridized carbons (Fsp3) is 0.611. The summed E-state index contributed by atoms with van der Waals surface area (Å²) in [6.45, 7) is 0.688. The third kappa shape index (κ3) is 3.93. The Balaban J connectivity index is 1.59. The van der Waals surface area contributed by atoms with E-state index in [0.717, 1.165) is 23.8 Å². The molecule has 1 atom stereocenters. The van der Waals surface area contributed by atoms with Crippen molar-refractivity contribution in [3.8, 4) is 5.75 Å². The first kappa shape index (κ1) is 15.2. The average molecular weight is 303 g/mol. The Kier molecular flexibility index (Phi) is 4.86. The molecule has 1 heterocycles. The van der Waals surface area contributed by atoms with Crippen LogP contribution in [0.5, 0.6) is 5.75 Å². The van der Waals surface area contributed by atoms with Gasteiger partial charge in [-0.25, -0.2) is 0 Å². The highest BCUT2D eigenvalue weighted by atomic mass is 16.5. The van der Waals surface area contributed by atoms with Crippen molar-refractivity contribution in [1.82, 2.24) is 0 Å². The van der Waals surface area contributed by atoms with Crippen molar-refractivity contribution in [3.63, 3.8) is 0 Å². The largest absolute Gasteiger partial charge is 0.486 e. The summed E-state index contributed by atoms with van der Waals surface area (Å²) in [5, 5.41) is 12.2. The van der Waals surface area contributed by atoms with E-state index in [-0.39, 0.29) is 12.5 Å². The number of hydrogen-bond donors (Lipinski definition) is 2. The van der Waals surface area contributed by atoms with Crippen LogP contribution in [0, 0.1) is 5.92 Å². The number of rotatable bonds is 5. The van der Waals surface area contributed by atoms with Gasteiger partial charge in [0.05, 0.1) is 12.2 Å². The fourth-order valence-corrected chi connectivity index (χ4v) is 3.56. The monoisotopic (exact) mass is 303 g/mol. The molecule has 0 radical (unpaired) electrons. The molecular weight excluding hydrogens is 278 g/mol. The van der Waals surface area contributed by atoms with Gasteiger partial charge in [0.25, 0.3) is 0 Å². The molecular formula is C18H25NO3. The second-order valence-corrected chi connectivity index (χ2v) is 6.59. The lowest BCUT2D eigenvalue weighted by Crippen LogP contribution is -2.31. The van der Waals surface area contributed by atoms with E-state index in [0.29, 0.717) is 13.0 Å². The summed E-state index contributed by atoms with van der Waals surface area (Å²) >= 11 is 0. The maximum atomic E-state index is 10.6. The highest BCUT2D eigenvalue weighted by Gasteiger charge is 2.21. The number of carboxylic acids is 1. The van der Waals surface area contributed by atoms with Gasteiger partial charge in [-0.3, -0.25) is 4.79 Å². The number of fused-ring (bicyclic) bond motifs is 1. The van der Waals surface area contributed by atoms with Crippen LogP contribution in [0.3, 0.4) is 0 Å². The number of hydrogen-bond acceptors (Lipinski definition) is 3. The molecule has 3 rings (SSSR count). The van der Waals surface area contributed by atoms with E-state index in [1.54, 1.807) is 0 Å². The molecule has 0 spiro atoms. The topological polar surface area (TPSA) is 58.6 Å². The van der Waals surface area contributed by atoms with Gasteiger partial charge in [0.1, 0.15) is 11.9 Å². The minimum atomic E-state index is -0.766. The molecule has 120 valence electrons. The summed E-state index contributed by atoms with van der Waals surface area (Å²) in [5.74, 6) is 0.922. The molecule has 0 unspecified atom stereocenters. The van der Waals surface area contributed by atoms with Crippen LogP contribution < -0.4 is 10.1 Å². The molecule has 0 bridgehead atoms. The van der Waals surface area contributed by atoms with Crippen LogP contribution in [0.15, 0.2) is 18.2 Å². The molecule has 4 nitrogen and oxygen atoms in total. The van der Waals surface area contributed by atoms with Crippen LogP contribution in [0.25, 0.3) is 0 Å². The highest BCUT2D eigenvalue weighted by Crippen LogP contribution is 2.33. The molecule has 2 N–H and O–H groups in total. The predicted octanol–water partition coefficient (Wildman–Crippen LogP) is 3.85. The van der Waals surface area contributed by atoms with Crippen LogP contribution >= 0.6 is 0 Å². The highest BCUT2D eigenvalue weighted by molar-refractivity contribution is 5.66. The van der Waals surface area contributed by atoms with Crippen molar-refractivity contribution in [2.24, 2.45) is 5.92 Å². The van der Waals surface area contributed by atoms with Gasteiger partial charge in [-0.1, -0.05) is 38.2 Å². The Morgan fingerprint density at radius 3 is 2.86 bits per heavy atom. The Hall–Kier alpha value is -1.71. The number of carboxylic acid groups (broad SMARTS) is 1. The smallest absolute Gasteiger partial charge is 0.303 e. The Morgan fingerprint density at radius 1 is 1.27 bits per heavy atom. The van der Waals surface area contributed by atoms with Crippen LogP contribution in [-0.2, 0) is 11.2 Å². The van der Waals surface area contributed by atoms with Crippen molar-refractivity contribution in [2.45, 2.75) is 57.5 Å². The zero-order valence-corrected chi connectivity index (χ0v) is 13.0. The number of aliphatic carboxylic acids is 1. The van der Waals surface area contributed by atoms with Gasteiger partial charge < -0.3 is 15.2 Å². The Bertz CT molecular complexity index is 523. The molecule has 4 heteroatoms. The summed E-state index contributed by atoms with van der Waals surface area (Å²) in [6, 6.07) is 6.40. The van der Waals surface area contributed by atoms with E-state index in [4.69, 9.17) is 9.84 Å². The first-order valence-corrected chi connectivity index (χ1v) is 8.46. The van der Waals surface area contributed by atoms with Gasteiger partial charge in [-0.2, -0.15) is 0 Å². The first-order chi connectivity index (χ1) is 10.7. The summed E-state index contributed by atoms with van der Waals surface area (Å²) in [5.41, 5.74) is 2.44. The van der Waals surface area contributed by atoms with Crippen LogP contribution in [0.2, 0.25) is 0 Å². The standard InChI is InChI=1S/C18H25NO3/c20-18(21)9-7-15-12-19-16-11-14(6-8-17(16)22-15)10-13-4-2-1-3-5-13/h6,8,11,13,15,19H,1-5,7,9-10,12H2,(H,20,21)/t15-/m0/s1. The van der Waals surface area contributed by atoms with Gasteiger partial charge in [0.2, 0.25) is 0 Å². The van der Waals surface area contributed by atoms with E-state index < -0.39 is 5.97 Å². The van der Waals surface area contributed by atoms with E-state index >= 15 is 0 Å². The van der Waals surface area contributed by atoms with Gasteiger partial charge in [0, 0.05) is 6.42 Å². The molecule has 2 aliphatic rings. The van der Waals surface area contributed by atoms with Crippen molar-refractivity contribution in [1.29, 1.82) is 0 Å². The first-order valence-electron chi connectivity index (χ1n) is 8.46. The number of benzene rings is 1. The number of anilines is 1. The molecule has 1 saturated carbocycles. The van der Waals surface area contributed by atoms with Crippen molar-refractivity contribution >= 4 is 11.7 Å². The Morgan fingerprint density at radius 2 is 2.09 bits per heavy atom. The maximum absolute atomic E-state index is 10.6. The summed E-state index contributed by atoms with van der Waals surface area (Å²) in [7, 11) is 0. The zero-order valence-electron chi connectivity index (χ0n) is 13.0. The quantitative estimate of drug-likeness (QED) is 0.867. The molecule has 0 aromatic heterocycles. The fourth-order valence-electron chi connectivity index (χ4n) is 3.56. The lowest BCUT2D eigenvalue weighted by molar-refractivity contribution is -0.137. The molecule has 0 saturated heterocycles. The third-order valence-corrected chi connectivity index (χ3v) is 4.79. The maximum Gasteiger partial charge on any atom is 0.303 e. The van der Waals surface area contributed by atoms with E-state index in [2.05, 4.69) is 17.4 Å². The van der Waals surface area contributed by atoms with E-state index in [9.17, 15) is 4.79 Å². The predicted molar refractivity (Wildman–Crippen MR) is 86.5 cm³/mol. The van der Waals surface area contributed by atoms with Gasteiger partial charge in [-0.05, 0) is 36.5 Å². The molecule has 1 aromatic rings. The molecule has 0 amide bonds. The number of ether oxygens (including phenoxy) is 1. The number of carbonyl (C=O) groups is 1. The van der Waals surface area contributed by atoms with Crippen molar-refractivity contribution < 1.29 is 14.6 Å². The Labute approximate surface area is 131 Å². The lowest BCUT2D eigenvalue weighted by Gasteiger charge is -2.28. The average Bonchev–Trinajstić information content (AvgIpc) is 2.54. The van der Waals surface area contributed by atoms with Crippen LogP contribution in [0.4, 0.5) is 5.69 Å².